The van der Waals surface area contributed by atoms with Gasteiger partial charge in [0.25, 0.3) is 5.91 Å². The molecule has 1 aromatic carbocycles. The fraction of sp³-hybridized carbons (Fsp3) is 0.588. The topological polar surface area (TPSA) is 50.4 Å². The fourth-order valence-electron chi connectivity index (χ4n) is 1.95. The number of rotatable bonds is 8. The molecule has 0 aliphatic rings. The van der Waals surface area contributed by atoms with Gasteiger partial charge in [0.15, 0.2) is 6.61 Å². The molecule has 0 heterocycles. The van der Waals surface area contributed by atoms with Crippen molar-refractivity contribution in [3.05, 3.63) is 28.2 Å². The highest BCUT2D eigenvalue weighted by Crippen LogP contribution is 2.23. The standard InChI is InChI=1S/C17H27BrN2O2.ClH/c1-5-6-9-19-11-13-10-14(18)7-8-15(13)22-12-16(21)20-17(2,3)4;/h7-8,10,19H,5-6,9,11-12H2,1-4H3,(H,20,21);1H. The van der Waals surface area contributed by atoms with Gasteiger partial charge in [-0.15, -0.1) is 12.4 Å². The summed E-state index contributed by atoms with van der Waals surface area (Å²) in [6, 6.07) is 5.84. The monoisotopic (exact) mass is 406 g/mol. The molecular formula is C17H28BrClN2O2. The van der Waals surface area contributed by atoms with Gasteiger partial charge in [0.1, 0.15) is 5.75 Å². The summed E-state index contributed by atoms with van der Waals surface area (Å²) in [7, 11) is 0. The average Bonchev–Trinajstić information content (AvgIpc) is 2.41. The number of nitrogens with one attached hydrogen (secondary N) is 2. The lowest BCUT2D eigenvalue weighted by atomic mass is 10.1. The van der Waals surface area contributed by atoms with Crippen molar-refractivity contribution in [3.63, 3.8) is 0 Å². The normalized spacial score (nSPS) is 10.8. The van der Waals surface area contributed by atoms with Crippen LogP contribution < -0.4 is 15.4 Å². The van der Waals surface area contributed by atoms with Crippen molar-refractivity contribution in [2.45, 2.75) is 52.6 Å². The summed E-state index contributed by atoms with van der Waals surface area (Å²) in [6.45, 7) is 9.77. The number of carbonyl (C=O) groups is 1. The van der Waals surface area contributed by atoms with Crippen LogP contribution in [0.2, 0.25) is 0 Å². The predicted octanol–water partition coefficient (Wildman–Crippen LogP) is 4.05. The number of hydrogen-bond donors (Lipinski definition) is 2. The van der Waals surface area contributed by atoms with Crippen molar-refractivity contribution in [2.24, 2.45) is 0 Å². The number of ether oxygens (including phenoxy) is 1. The van der Waals surface area contributed by atoms with E-state index in [1.54, 1.807) is 0 Å². The molecule has 4 nitrogen and oxygen atoms in total. The first kappa shape index (κ1) is 22.2. The Morgan fingerprint density at radius 1 is 1.30 bits per heavy atom. The van der Waals surface area contributed by atoms with Crippen LogP contribution >= 0.6 is 28.3 Å². The maximum Gasteiger partial charge on any atom is 0.258 e. The first-order valence-corrected chi connectivity index (χ1v) is 8.54. The number of halogens is 2. The van der Waals surface area contributed by atoms with Gasteiger partial charge in [0.05, 0.1) is 0 Å². The zero-order chi connectivity index (χ0) is 16.6. The third-order valence-electron chi connectivity index (χ3n) is 2.92. The van der Waals surface area contributed by atoms with Gasteiger partial charge in [0.2, 0.25) is 0 Å². The van der Waals surface area contributed by atoms with E-state index in [0.717, 1.165) is 35.3 Å². The first-order valence-electron chi connectivity index (χ1n) is 7.75. The number of amides is 1. The second-order valence-corrected chi connectivity index (χ2v) is 7.28. The van der Waals surface area contributed by atoms with Crippen molar-refractivity contribution >= 4 is 34.2 Å². The lowest BCUT2D eigenvalue weighted by Crippen LogP contribution is -2.43. The van der Waals surface area contributed by atoms with E-state index in [-0.39, 0.29) is 30.5 Å². The third-order valence-corrected chi connectivity index (χ3v) is 3.41. The van der Waals surface area contributed by atoms with E-state index in [0.29, 0.717) is 0 Å². The lowest BCUT2D eigenvalue weighted by molar-refractivity contribution is -0.124. The summed E-state index contributed by atoms with van der Waals surface area (Å²) in [5, 5.41) is 6.29. The molecule has 0 atom stereocenters. The van der Waals surface area contributed by atoms with Crippen molar-refractivity contribution in [1.29, 1.82) is 0 Å². The number of benzene rings is 1. The molecule has 0 aliphatic heterocycles. The Morgan fingerprint density at radius 2 is 2.00 bits per heavy atom. The van der Waals surface area contributed by atoms with E-state index in [9.17, 15) is 4.79 Å². The molecule has 2 N–H and O–H groups in total. The maximum absolute atomic E-state index is 11.8. The van der Waals surface area contributed by atoms with Gasteiger partial charge in [-0.3, -0.25) is 4.79 Å². The number of unbranched alkanes of at least 4 members (excludes halogenated alkanes) is 1. The summed E-state index contributed by atoms with van der Waals surface area (Å²) in [5.74, 6) is 0.636. The molecule has 1 aromatic rings. The zero-order valence-corrected chi connectivity index (χ0v) is 16.8. The zero-order valence-electron chi connectivity index (χ0n) is 14.4. The molecule has 23 heavy (non-hydrogen) atoms. The van der Waals surface area contributed by atoms with Gasteiger partial charge in [0, 0.05) is 22.1 Å². The van der Waals surface area contributed by atoms with Crippen LogP contribution in [0.15, 0.2) is 22.7 Å². The Labute approximate surface area is 154 Å². The van der Waals surface area contributed by atoms with Crippen LogP contribution in [0.3, 0.4) is 0 Å². The molecule has 0 saturated heterocycles. The van der Waals surface area contributed by atoms with Crippen molar-refractivity contribution < 1.29 is 9.53 Å². The third kappa shape index (κ3) is 9.84. The van der Waals surface area contributed by atoms with E-state index in [2.05, 4.69) is 33.5 Å². The van der Waals surface area contributed by atoms with Crippen molar-refractivity contribution in [2.75, 3.05) is 13.2 Å². The van der Waals surface area contributed by atoms with E-state index in [1.165, 1.54) is 6.42 Å². The van der Waals surface area contributed by atoms with Gasteiger partial charge >= 0.3 is 0 Å². The van der Waals surface area contributed by atoms with Gasteiger partial charge < -0.3 is 15.4 Å². The van der Waals surface area contributed by atoms with Gasteiger partial charge in [-0.1, -0.05) is 29.3 Å². The van der Waals surface area contributed by atoms with Crippen LogP contribution in [0.5, 0.6) is 5.75 Å². The predicted molar refractivity (Wildman–Crippen MR) is 101 cm³/mol. The van der Waals surface area contributed by atoms with Crippen LogP contribution in [0, 0.1) is 0 Å². The highest BCUT2D eigenvalue weighted by atomic mass is 79.9. The van der Waals surface area contributed by atoms with Crippen LogP contribution in [0.25, 0.3) is 0 Å². The second-order valence-electron chi connectivity index (χ2n) is 6.37. The molecule has 132 valence electrons. The van der Waals surface area contributed by atoms with Gasteiger partial charge in [-0.05, 0) is 51.9 Å². The molecule has 0 bridgehead atoms. The largest absolute Gasteiger partial charge is 0.483 e. The summed E-state index contributed by atoms with van der Waals surface area (Å²) < 4.78 is 6.69. The smallest absolute Gasteiger partial charge is 0.258 e. The Balaban J connectivity index is 0.00000484. The molecule has 1 rings (SSSR count). The Morgan fingerprint density at radius 3 is 2.61 bits per heavy atom. The summed E-state index contributed by atoms with van der Waals surface area (Å²) in [6.07, 6.45) is 2.32. The second kappa shape index (κ2) is 10.9. The van der Waals surface area contributed by atoms with Crippen LogP contribution in [-0.4, -0.2) is 24.6 Å². The highest BCUT2D eigenvalue weighted by Gasteiger charge is 2.14. The van der Waals surface area contributed by atoms with E-state index in [4.69, 9.17) is 4.74 Å². The molecule has 0 fully saturated rings. The quantitative estimate of drug-likeness (QED) is 0.639. The van der Waals surface area contributed by atoms with Crippen molar-refractivity contribution in [1.82, 2.24) is 10.6 Å². The summed E-state index contributed by atoms with van der Waals surface area (Å²) in [4.78, 5) is 11.8. The minimum absolute atomic E-state index is 0. The minimum Gasteiger partial charge on any atom is -0.483 e. The summed E-state index contributed by atoms with van der Waals surface area (Å²) >= 11 is 3.48. The van der Waals surface area contributed by atoms with E-state index in [1.807, 2.05) is 39.0 Å². The lowest BCUT2D eigenvalue weighted by Gasteiger charge is -2.21. The first-order chi connectivity index (χ1) is 10.3. The minimum atomic E-state index is -0.245. The molecule has 0 aromatic heterocycles. The van der Waals surface area contributed by atoms with Crippen molar-refractivity contribution in [3.8, 4) is 5.75 Å². The molecule has 0 unspecified atom stereocenters. The van der Waals surface area contributed by atoms with Gasteiger partial charge in [-0.2, -0.15) is 0 Å². The molecular weight excluding hydrogens is 380 g/mol. The Kier molecular flexibility index (Phi) is 10.5. The molecule has 0 saturated carbocycles. The van der Waals surface area contributed by atoms with Gasteiger partial charge in [-0.25, -0.2) is 0 Å². The fourth-order valence-corrected chi connectivity index (χ4v) is 2.36. The van der Waals surface area contributed by atoms with Crippen LogP contribution in [0.4, 0.5) is 0 Å². The van der Waals surface area contributed by atoms with Crippen LogP contribution in [0.1, 0.15) is 46.1 Å². The number of carbonyl (C=O) groups excluding carboxylic acids is 1. The molecule has 0 spiro atoms. The highest BCUT2D eigenvalue weighted by molar-refractivity contribution is 9.10. The molecule has 0 aliphatic carbocycles. The SMILES string of the molecule is CCCCNCc1cc(Br)ccc1OCC(=O)NC(C)(C)C.Cl. The summed E-state index contributed by atoms with van der Waals surface area (Å²) in [5.41, 5.74) is 0.805. The Bertz CT molecular complexity index is 490. The molecule has 1 amide bonds. The average molecular weight is 408 g/mol. The van der Waals surface area contributed by atoms with E-state index >= 15 is 0 Å². The molecule has 6 heteroatoms. The molecule has 0 radical (unpaired) electrons. The van der Waals surface area contributed by atoms with Crippen LogP contribution in [-0.2, 0) is 11.3 Å². The Hall–Kier alpha value is -0.780. The number of hydrogen-bond acceptors (Lipinski definition) is 3. The van der Waals surface area contributed by atoms with E-state index < -0.39 is 0 Å². The maximum atomic E-state index is 11.8.